The van der Waals surface area contributed by atoms with Crippen LogP contribution in [0.15, 0.2) is 0 Å². The Balaban J connectivity index is 1.93. The Morgan fingerprint density at radius 3 is 2.83 bits per heavy atom. The maximum atomic E-state index is 10.4. The van der Waals surface area contributed by atoms with E-state index in [1.165, 1.54) is 11.5 Å². The predicted octanol–water partition coefficient (Wildman–Crippen LogP) is 2.46. The van der Waals surface area contributed by atoms with E-state index in [2.05, 4.69) is 0 Å². The maximum absolute atomic E-state index is 10.4. The van der Waals surface area contributed by atoms with Crippen LogP contribution in [0.2, 0.25) is 0 Å². The van der Waals surface area contributed by atoms with Crippen molar-refractivity contribution in [3.8, 4) is 0 Å². The Morgan fingerprint density at radius 2 is 2.17 bits per heavy atom. The third-order valence-electron chi connectivity index (χ3n) is 4.33. The molecule has 0 amide bonds. The van der Waals surface area contributed by atoms with Crippen molar-refractivity contribution in [2.45, 2.75) is 57.3 Å². The normalized spacial score (nSPS) is 31.2. The molecular weight excluding hydrogens is 248 g/mol. The van der Waals surface area contributed by atoms with Crippen molar-refractivity contribution in [1.29, 1.82) is 0 Å². The molecule has 0 aromatic carbocycles. The Hall–Kier alpha value is 0.230. The zero-order valence-electron chi connectivity index (χ0n) is 11.6. The van der Waals surface area contributed by atoms with Crippen molar-refractivity contribution in [3.05, 3.63) is 0 Å². The number of rotatable bonds is 4. The highest BCUT2D eigenvalue weighted by Crippen LogP contribution is 2.41. The molecule has 3 nitrogen and oxygen atoms in total. The van der Waals surface area contributed by atoms with E-state index in [-0.39, 0.29) is 17.8 Å². The van der Waals surface area contributed by atoms with Gasteiger partial charge in [0.1, 0.15) is 0 Å². The fraction of sp³-hybridized carbons (Fsp3) is 1.00. The second kappa shape index (κ2) is 6.60. The highest BCUT2D eigenvalue weighted by atomic mass is 32.2. The molecule has 0 radical (unpaired) electrons. The number of ether oxygens (including phenoxy) is 2. The first kappa shape index (κ1) is 14.6. The van der Waals surface area contributed by atoms with Crippen LogP contribution >= 0.6 is 11.8 Å². The Labute approximate surface area is 115 Å². The minimum atomic E-state index is -0.347. The molecule has 3 unspecified atom stereocenters. The lowest BCUT2D eigenvalue weighted by Crippen LogP contribution is -2.47. The van der Waals surface area contributed by atoms with E-state index in [0.717, 1.165) is 32.3 Å². The van der Waals surface area contributed by atoms with Gasteiger partial charge in [0, 0.05) is 13.2 Å². The van der Waals surface area contributed by atoms with E-state index in [4.69, 9.17) is 9.47 Å². The number of aliphatic hydroxyl groups excluding tert-OH is 1. The fourth-order valence-electron chi connectivity index (χ4n) is 3.19. The van der Waals surface area contributed by atoms with E-state index >= 15 is 0 Å². The molecule has 0 aliphatic carbocycles. The summed E-state index contributed by atoms with van der Waals surface area (Å²) >= 11 is 2.02. The molecule has 0 aromatic rings. The molecule has 2 aliphatic rings. The summed E-state index contributed by atoms with van der Waals surface area (Å²) in [6.45, 7) is 5.43. The lowest BCUT2D eigenvalue weighted by Gasteiger charge is -2.45. The third-order valence-corrected chi connectivity index (χ3v) is 5.31. The lowest BCUT2D eigenvalue weighted by molar-refractivity contribution is -0.139. The van der Waals surface area contributed by atoms with Crippen molar-refractivity contribution in [3.63, 3.8) is 0 Å². The Kier molecular flexibility index (Phi) is 5.36. The monoisotopic (exact) mass is 274 g/mol. The van der Waals surface area contributed by atoms with Crippen LogP contribution < -0.4 is 0 Å². The number of thioether (sulfide) groups is 1. The highest BCUT2D eigenvalue weighted by Gasteiger charge is 2.41. The van der Waals surface area contributed by atoms with E-state index in [9.17, 15) is 5.11 Å². The molecule has 106 valence electrons. The van der Waals surface area contributed by atoms with Gasteiger partial charge in [0.15, 0.2) is 0 Å². The molecule has 3 atom stereocenters. The Bertz CT molecular complexity index is 248. The summed E-state index contributed by atoms with van der Waals surface area (Å²) in [6.07, 6.45) is 3.85. The first-order valence-corrected chi connectivity index (χ1v) is 8.34. The van der Waals surface area contributed by atoms with Gasteiger partial charge in [0.25, 0.3) is 0 Å². The second-order valence-corrected chi connectivity index (χ2v) is 6.77. The zero-order chi connectivity index (χ0) is 13.0. The van der Waals surface area contributed by atoms with Crippen molar-refractivity contribution < 1.29 is 14.6 Å². The van der Waals surface area contributed by atoms with Gasteiger partial charge in [-0.3, -0.25) is 0 Å². The van der Waals surface area contributed by atoms with Gasteiger partial charge in [-0.2, -0.15) is 11.8 Å². The molecule has 18 heavy (non-hydrogen) atoms. The molecule has 2 heterocycles. The highest BCUT2D eigenvalue weighted by molar-refractivity contribution is 7.99. The van der Waals surface area contributed by atoms with E-state index in [1.807, 2.05) is 25.6 Å². The average molecular weight is 274 g/mol. The summed E-state index contributed by atoms with van der Waals surface area (Å²) < 4.78 is 11.6. The van der Waals surface area contributed by atoms with E-state index < -0.39 is 0 Å². The van der Waals surface area contributed by atoms with Crippen LogP contribution in [0.3, 0.4) is 0 Å². The number of hydrogen-bond donors (Lipinski definition) is 1. The van der Waals surface area contributed by atoms with Gasteiger partial charge >= 0.3 is 0 Å². The first-order chi connectivity index (χ1) is 8.67. The average Bonchev–Trinajstić information content (AvgIpc) is 2.39. The van der Waals surface area contributed by atoms with Gasteiger partial charge in [0.2, 0.25) is 0 Å². The van der Waals surface area contributed by atoms with Crippen molar-refractivity contribution >= 4 is 11.8 Å². The lowest BCUT2D eigenvalue weighted by atomic mass is 9.78. The largest absolute Gasteiger partial charge is 0.390 e. The van der Waals surface area contributed by atoms with Crippen LogP contribution in [0.25, 0.3) is 0 Å². The smallest absolute Gasteiger partial charge is 0.0829 e. The maximum Gasteiger partial charge on any atom is 0.0829 e. The van der Waals surface area contributed by atoms with Crippen molar-refractivity contribution in [2.75, 3.05) is 24.7 Å². The summed E-state index contributed by atoms with van der Waals surface area (Å²) in [6, 6.07) is 0. The summed E-state index contributed by atoms with van der Waals surface area (Å²) in [5.74, 6) is 2.73. The minimum absolute atomic E-state index is 0.0566. The molecule has 0 aromatic heterocycles. The molecule has 2 saturated heterocycles. The topological polar surface area (TPSA) is 38.7 Å². The molecule has 0 saturated carbocycles. The van der Waals surface area contributed by atoms with Crippen molar-refractivity contribution in [2.24, 2.45) is 5.92 Å². The number of aliphatic hydroxyl groups is 1. The van der Waals surface area contributed by atoms with Gasteiger partial charge in [-0.05, 0) is 57.0 Å². The van der Waals surface area contributed by atoms with Crippen LogP contribution in [-0.2, 0) is 9.47 Å². The quantitative estimate of drug-likeness (QED) is 0.855. The predicted molar refractivity (Wildman–Crippen MR) is 75.1 cm³/mol. The van der Waals surface area contributed by atoms with E-state index in [0.29, 0.717) is 12.5 Å². The fourth-order valence-corrected chi connectivity index (χ4v) is 4.43. The van der Waals surface area contributed by atoms with Crippen LogP contribution in [0.5, 0.6) is 0 Å². The molecule has 1 spiro atoms. The summed E-state index contributed by atoms with van der Waals surface area (Å²) in [4.78, 5) is 0. The van der Waals surface area contributed by atoms with Gasteiger partial charge in [-0.1, -0.05) is 0 Å². The molecule has 2 fully saturated rings. The standard InChI is InChI=1S/C14H26O3S/c1-3-16-11(2)13(15)12-4-7-17-14(10-12)5-8-18-9-6-14/h11-13,15H,3-10H2,1-2H3. The summed E-state index contributed by atoms with van der Waals surface area (Å²) in [5.41, 5.74) is 0.0566. The molecule has 0 bridgehead atoms. The number of hydrogen-bond acceptors (Lipinski definition) is 4. The van der Waals surface area contributed by atoms with Crippen molar-refractivity contribution in [1.82, 2.24) is 0 Å². The molecule has 2 aliphatic heterocycles. The van der Waals surface area contributed by atoms with Crippen LogP contribution in [0.4, 0.5) is 0 Å². The molecule has 2 rings (SSSR count). The zero-order valence-corrected chi connectivity index (χ0v) is 12.4. The van der Waals surface area contributed by atoms with Gasteiger partial charge in [-0.25, -0.2) is 0 Å². The molecular formula is C14H26O3S. The van der Waals surface area contributed by atoms with Crippen LogP contribution in [-0.4, -0.2) is 47.6 Å². The summed E-state index contributed by atoms with van der Waals surface area (Å²) in [5, 5.41) is 10.4. The van der Waals surface area contributed by atoms with Gasteiger partial charge in [-0.15, -0.1) is 0 Å². The first-order valence-electron chi connectivity index (χ1n) is 7.18. The Morgan fingerprint density at radius 1 is 1.44 bits per heavy atom. The second-order valence-electron chi connectivity index (χ2n) is 5.55. The van der Waals surface area contributed by atoms with E-state index in [1.54, 1.807) is 0 Å². The third kappa shape index (κ3) is 3.41. The van der Waals surface area contributed by atoms with Gasteiger partial charge in [0.05, 0.1) is 17.8 Å². The minimum Gasteiger partial charge on any atom is -0.390 e. The molecule has 1 N–H and O–H groups in total. The molecule has 4 heteroatoms. The van der Waals surface area contributed by atoms with Crippen LogP contribution in [0, 0.1) is 5.92 Å². The van der Waals surface area contributed by atoms with Gasteiger partial charge < -0.3 is 14.6 Å². The summed E-state index contributed by atoms with van der Waals surface area (Å²) in [7, 11) is 0. The van der Waals surface area contributed by atoms with Crippen LogP contribution in [0.1, 0.15) is 39.5 Å². The SMILES string of the molecule is CCOC(C)C(O)C1CCOC2(CCSCC2)C1.